The first kappa shape index (κ1) is 34.0. The van der Waals surface area contributed by atoms with Gasteiger partial charge in [0.05, 0.1) is 49.4 Å². The number of Topliss-reactive ketones (excluding diaryl/α,β-unsaturated/α-hetero) is 1. The first-order chi connectivity index (χ1) is 23.6. The van der Waals surface area contributed by atoms with Crippen LogP contribution in [0.4, 0.5) is 11.4 Å². The average molecular weight is 685 g/mol. The molecular formula is C37H36N2O11. The van der Waals surface area contributed by atoms with Gasteiger partial charge in [-0.15, -0.1) is 0 Å². The van der Waals surface area contributed by atoms with E-state index in [0.29, 0.717) is 27.1 Å². The molecule has 0 bridgehead atoms. The molecule has 1 aliphatic rings. The van der Waals surface area contributed by atoms with Crippen molar-refractivity contribution in [3.8, 4) is 23.0 Å². The number of benzene rings is 5. The molecule has 0 heterocycles. The van der Waals surface area contributed by atoms with Crippen molar-refractivity contribution in [1.82, 2.24) is 0 Å². The van der Waals surface area contributed by atoms with E-state index in [-0.39, 0.29) is 67.1 Å². The fourth-order valence-corrected chi connectivity index (χ4v) is 7.51. The van der Waals surface area contributed by atoms with Gasteiger partial charge in [-0.2, -0.15) is 0 Å². The molecule has 5 aromatic carbocycles. The van der Waals surface area contributed by atoms with Gasteiger partial charge >= 0.3 is 11.9 Å². The smallest absolute Gasteiger partial charge is 0.326 e. The van der Waals surface area contributed by atoms with Crippen LogP contribution in [0.1, 0.15) is 51.7 Å². The molecule has 0 saturated heterocycles. The lowest BCUT2D eigenvalue weighted by molar-refractivity contribution is -0.139. The number of aliphatic carboxylic acids is 2. The first-order valence-electron chi connectivity index (χ1n) is 15.8. The number of allylic oxidation sites excluding steroid dienone is 1. The molecule has 0 saturated carbocycles. The Morgan fingerprint density at radius 2 is 1.38 bits per heavy atom. The molecule has 0 amide bonds. The highest BCUT2D eigenvalue weighted by atomic mass is 16.5. The molecule has 3 unspecified atom stereocenters. The van der Waals surface area contributed by atoms with Gasteiger partial charge in [-0.25, -0.2) is 4.79 Å². The van der Waals surface area contributed by atoms with Gasteiger partial charge in [-0.05, 0) is 32.1 Å². The van der Waals surface area contributed by atoms with Gasteiger partial charge in [0.15, 0.2) is 16.9 Å². The Morgan fingerprint density at radius 1 is 0.780 bits per heavy atom. The number of carboxylic acids is 2. The van der Waals surface area contributed by atoms with Gasteiger partial charge in [0.25, 0.3) is 0 Å². The average Bonchev–Trinajstić information content (AvgIpc) is 3.18. The Morgan fingerprint density at radius 3 is 1.90 bits per heavy atom. The summed E-state index contributed by atoms with van der Waals surface area (Å²) in [6.45, 7) is 7.82. The Bertz CT molecular complexity index is 2450. The third-order valence-electron chi connectivity index (χ3n) is 9.65. The molecule has 5 aromatic rings. The summed E-state index contributed by atoms with van der Waals surface area (Å²) in [5, 5.41) is 39.3. The maximum Gasteiger partial charge on any atom is 0.326 e. The molecule has 0 radical (unpaired) electrons. The summed E-state index contributed by atoms with van der Waals surface area (Å²) in [6.07, 6.45) is 1.63. The molecule has 3 atom stereocenters. The van der Waals surface area contributed by atoms with Crippen LogP contribution >= 0.6 is 0 Å². The second kappa shape index (κ2) is 11.9. The topological polar surface area (TPSA) is 198 Å². The van der Waals surface area contributed by atoms with Crippen molar-refractivity contribution in [3.63, 3.8) is 0 Å². The van der Waals surface area contributed by atoms with Crippen molar-refractivity contribution in [2.24, 2.45) is 5.92 Å². The molecule has 1 aliphatic carbocycles. The lowest BCUT2D eigenvalue weighted by atomic mass is 9.80. The number of methoxy groups -OCH3 is 3. The van der Waals surface area contributed by atoms with Gasteiger partial charge in [0.1, 0.15) is 29.4 Å². The highest BCUT2D eigenvalue weighted by Crippen LogP contribution is 2.57. The van der Waals surface area contributed by atoms with Gasteiger partial charge in [0, 0.05) is 50.2 Å². The Balaban J connectivity index is 2.09. The maximum atomic E-state index is 15.0. The van der Waals surface area contributed by atoms with Crippen LogP contribution in [0, 0.1) is 5.92 Å². The van der Waals surface area contributed by atoms with Crippen molar-refractivity contribution in [2.45, 2.75) is 52.6 Å². The second-order valence-corrected chi connectivity index (χ2v) is 13.0. The number of phenols is 1. The third kappa shape index (κ3) is 4.63. The predicted octanol–water partition coefficient (Wildman–Crippen LogP) is 5.12. The minimum Gasteiger partial charge on any atom is -0.504 e. The summed E-state index contributed by atoms with van der Waals surface area (Å²) in [5.74, 6) is -4.62. The molecule has 13 heteroatoms. The predicted molar refractivity (Wildman–Crippen MR) is 190 cm³/mol. The zero-order valence-corrected chi connectivity index (χ0v) is 28.6. The molecule has 0 aromatic heterocycles. The minimum absolute atomic E-state index is 0.000387. The Labute approximate surface area is 284 Å². The number of nitrogens with one attached hydrogen (secondary N) is 2. The van der Waals surface area contributed by atoms with Gasteiger partial charge < -0.3 is 40.2 Å². The van der Waals surface area contributed by atoms with E-state index in [1.165, 1.54) is 47.3 Å². The highest BCUT2D eigenvalue weighted by molar-refractivity contribution is 6.40. The fourth-order valence-electron chi connectivity index (χ4n) is 7.51. The van der Waals surface area contributed by atoms with Gasteiger partial charge in [0.2, 0.25) is 5.43 Å². The Hall–Kier alpha value is -5.85. The van der Waals surface area contributed by atoms with Crippen LogP contribution in [0.3, 0.4) is 0 Å². The quantitative estimate of drug-likeness (QED) is 0.0908. The summed E-state index contributed by atoms with van der Waals surface area (Å²) in [4.78, 5) is 67.0. The molecule has 0 fully saturated rings. The van der Waals surface area contributed by atoms with Crippen LogP contribution in [-0.4, -0.2) is 66.5 Å². The standard InChI is InChI=1S/C37H36N2O11/c1-12(2)31(37(46)47)39-32-16-9-13(3)21(15(5)40)30-28-22(16)27-23(33(32)42)17(38-14(4)36(44)45)10-19(48-6)25(27)26-20(49-7)11-18(41)24(29(26)28)34(43)35(30)50-8/h9-12,14,21,31,38-39,43H,1-8H3,(H,44,45)(H,46,47). The highest BCUT2D eigenvalue weighted by Gasteiger charge is 2.38. The number of aromatic hydroxyl groups is 1. The van der Waals surface area contributed by atoms with Crippen LogP contribution in [0.25, 0.3) is 49.2 Å². The van der Waals surface area contributed by atoms with E-state index >= 15 is 0 Å². The number of hydrogen-bond donors (Lipinski definition) is 5. The van der Waals surface area contributed by atoms with E-state index in [1.807, 2.05) is 0 Å². The van der Waals surface area contributed by atoms with Crippen molar-refractivity contribution in [1.29, 1.82) is 0 Å². The number of hydrogen-bond acceptors (Lipinski definition) is 11. The van der Waals surface area contributed by atoms with Crippen molar-refractivity contribution < 1.29 is 43.9 Å². The van der Waals surface area contributed by atoms with Gasteiger partial charge in [-0.1, -0.05) is 25.5 Å². The van der Waals surface area contributed by atoms with E-state index < -0.39 is 52.5 Å². The lowest BCUT2D eigenvalue weighted by Crippen LogP contribution is -2.36. The number of anilines is 2. The molecule has 260 valence electrons. The number of carboxylic acid groups (broad SMARTS) is 2. The van der Waals surface area contributed by atoms with Crippen molar-refractivity contribution in [2.75, 3.05) is 32.0 Å². The van der Waals surface area contributed by atoms with E-state index in [9.17, 15) is 39.3 Å². The van der Waals surface area contributed by atoms with Crippen LogP contribution in [0.15, 0.2) is 27.3 Å². The number of carbonyl (C=O) groups excluding carboxylic acids is 1. The number of fused-ring (bicyclic) bond motifs is 1. The summed E-state index contributed by atoms with van der Waals surface area (Å²) in [7, 11) is 4.06. The normalized spacial score (nSPS) is 15.4. The summed E-state index contributed by atoms with van der Waals surface area (Å²) < 4.78 is 17.4. The number of ketones is 1. The molecule has 6 rings (SSSR count). The Kier molecular flexibility index (Phi) is 8.12. The first-order valence-corrected chi connectivity index (χ1v) is 15.8. The summed E-state index contributed by atoms with van der Waals surface area (Å²) in [5.41, 5.74) is -0.362. The van der Waals surface area contributed by atoms with E-state index in [1.54, 1.807) is 26.8 Å². The van der Waals surface area contributed by atoms with E-state index in [2.05, 4.69) is 10.6 Å². The van der Waals surface area contributed by atoms with Crippen molar-refractivity contribution >= 4 is 78.3 Å². The zero-order chi connectivity index (χ0) is 36.7. The molecule has 5 N–H and O–H groups in total. The zero-order valence-electron chi connectivity index (χ0n) is 28.6. The molecule has 13 nitrogen and oxygen atoms in total. The van der Waals surface area contributed by atoms with Gasteiger partial charge in [-0.3, -0.25) is 19.2 Å². The van der Waals surface area contributed by atoms with Crippen LogP contribution in [0.2, 0.25) is 0 Å². The SMILES string of the molecule is COc1c(O)c2c(=O)cc(OC)c3c4c(OC)cc(NC(C)C(=O)O)c5c(=O)c(NC(C(=O)O)C(C)C)c6c(c(c1C(C(C)=O)C(C)=C6)c23)c54. The van der Waals surface area contributed by atoms with Crippen LogP contribution in [0.5, 0.6) is 23.0 Å². The number of ether oxygens (including phenoxy) is 3. The minimum atomic E-state index is -1.24. The number of phenolic OH excluding ortho intramolecular Hbond substituents is 1. The summed E-state index contributed by atoms with van der Waals surface area (Å²) in [6, 6.07) is 0.247. The summed E-state index contributed by atoms with van der Waals surface area (Å²) >= 11 is 0. The molecule has 0 aliphatic heterocycles. The second-order valence-electron chi connectivity index (χ2n) is 13.0. The number of rotatable bonds is 11. The van der Waals surface area contributed by atoms with Crippen LogP contribution in [-0.2, 0) is 14.4 Å². The lowest BCUT2D eigenvalue weighted by Gasteiger charge is -2.27. The van der Waals surface area contributed by atoms with E-state index in [4.69, 9.17) is 14.2 Å². The maximum absolute atomic E-state index is 15.0. The molecule has 50 heavy (non-hydrogen) atoms. The van der Waals surface area contributed by atoms with E-state index in [0.717, 1.165) is 0 Å². The van der Waals surface area contributed by atoms with Crippen LogP contribution < -0.4 is 35.7 Å². The van der Waals surface area contributed by atoms with Crippen molar-refractivity contribution in [3.05, 3.63) is 49.3 Å². The molecular weight excluding hydrogens is 648 g/mol. The number of carbonyl (C=O) groups is 3. The third-order valence-corrected chi connectivity index (χ3v) is 9.65. The molecule has 0 spiro atoms. The fraction of sp³-hybridized carbons (Fsp3) is 0.324. The largest absolute Gasteiger partial charge is 0.504 e. The monoisotopic (exact) mass is 684 g/mol.